The van der Waals surface area contributed by atoms with Gasteiger partial charge in [0.05, 0.1) is 12.5 Å². The van der Waals surface area contributed by atoms with Crippen molar-refractivity contribution in [3.63, 3.8) is 0 Å². The molecule has 0 unspecified atom stereocenters. The zero-order valence-electron chi connectivity index (χ0n) is 16.8. The Morgan fingerprint density at radius 3 is 2.79 bits per heavy atom. The third-order valence-electron chi connectivity index (χ3n) is 6.08. The van der Waals surface area contributed by atoms with Gasteiger partial charge in [-0.05, 0) is 67.4 Å². The molecule has 0 bridgehead atoms. The number of hydrogen-bond donors (Lipinski definition) is 1. The number of fused-ring (bicyclic) bond motifs is 1. The van der Waals surface area contributed by atoms with Crippen LogP contribution in [-0.4, -0.2) is 44.0 Å². The van der Waals surface area contributed by atoms with E-state index in [0.717, 1.165) is 30.9 Å². The van der Waals surface area contributed by atoms with Gasteiger partial charge in [-0.25, -0.2) is 0 Å². The monoisotopic (exact) mass is 397 g/mol. The summed E-state index contributed by atoms with van der Waals surface area (Å²) < 4.78 is 0. The largest absolute Gasteiger partial charge is 0.374 e. The molecule has 0 radical (unpaired) electrons. The van der Waals surface area contributed by atoms with Crippen LogP contribution < -0.4 is 10.2 Å². The highest BCUT2D eigenvalue weighted by atomic mass is 32.1. The normalized spacial score (nSPS) is 18.5. The molecule has 0 aliphatic carbocycles. The van der Waals surface area contributed by atoms with Crippen molar-refractivity contribution in [2.45, 2.75) is 44.6 Å². The number of hydrogen-bond acceptors (Lipinski definition) is 4. The highest BCUT2D eigenvalue weighted by molar-refractivity contribution is 7.10. The highest BCUT2D eigenvalue weighted by Gasteiger charge is 2.24. The number of benzene rings is 1. The first-order valence-electron chi connectivity index (χ1n) is 10.6. The second-order valence-corrected chi connectivity index (χ2v) is 9.12. The molecule has 1 amide bonds. The molecule has 4 nitrogen and oxygen atoms in total. The van der Waals surface area contributed by atoms with Crippen LogP contribution in [0.15, 0.2) is 35.7 Å². The molecule has 150 valence electrons. The number of amides is 1. The van der Waals surface area contributed by atoms with Gasteiger partial charge in [-0.15, -0.1) is 11.3 Å². The summed E-state index contributed by atoms with van der Waals surface area (Å²) in [6.07, 6.45) is 6.70. The summed E-state index contributed by atoms with van der Waals surface area (Å²) in [5.74, 6) is 0.127. The van der Waals surface area contributed by atoms with E-state index in [-0.39, 0.29) is 11.9 Å². The predicted octanol–water partition coefficient (Wildman–Crippen LogP) is 4.02. The lowest BCUT2D eigenvalue weighted by Crippen LogP contribution is -2.41. The summed E-state index contributed by atoms with van der Waals surface area (Å²) in [6, 6.07) is 11.3. The fraction of sp³-hybridized carbons (Fsp3) is 0.522. The van der Waals surface area contributed by atoms with Crippen LogP contribution in [0, 0.1) is 0 Å². The van der Waals surface area contributed by atoms with E-state index in [2.05, 4.69) is 40.4 Å². The van der Waals surface area contributed by atoms with Gasteiger partial charge in [0.25, 0.3) is 0 Å². The highest BCUT2D eigenvalue weighted by Crippen LogP contribution is 2.31. The topological polar surface area (TPSA) is 35.6 Å². The van der Waals surface area contributed by atoms with E-state index in [1.54, 1.807) is 11.3 Å². The molecule has 0 saturated carbocycles. The van der Waals surface area contributed by atoms with Crippen LogP contribution in [0.3, 0.4) is 0 Å². The van der Waals surface area contributed by atoms with Gasteiger partial charge in [0.15, 0.2) is 0 Å². The lowest BCUT2D eigenvalue weighted by atomic mass is 9.95. The molecule has 3 heterocycles. The molecule has 28 heavy (non-hydrogen) atoms. The SMILES string of the molecule is CN1CCCc2cc([C@@H](CNC(=O)Cc3cccs3)N3CCCCC3)ccc21. The van der Waals surface area contributed by atoms with Crippen molar-refractivity contribution < 1.29 is 4.79 Å². The van der Waals surface area contributed by atoms with E-state index in [0.29, 0.717) is 13.0 Å². The molecule has 0 spiro atoms. The van der Waals surface area contributed by atoms with Crippen molar-refractivity contribution in [3.05, 3.63) is 51.7 Å². The minimum atomic E-state index is 0.127. The second kappa shape index (κ2) is 9.10. The molecule has 1 fully saturated rings. The fourth-order valence-corrected chi connectivity index (χ4v) is 5.25. The van der Waals surface area contributed by atoms with Crippen LogP contribution in [0.1, 0.15) is 47.7 Å². The van der Waals surface area contributed by atoms with Crippen LogP contribution in [0.4, 0.5) is 5.69 Å². The van der Waals surface area contributed by atoms with Gasteiger partial charge in [-0.2, -0.15) is 0 Å². The van der Waals surface area contributed by atoms with Gasteiger partial charge in [0.1, 0.15) is 0 Å². The smallest absolute Gasteiger partial charge is 0.225 e. The molecule has 1 saturated heterocycles. The number of carbonyl (C=O) groups excluding carboxylic acids is 1. The van der Waals surface area contributed by atoms with Crippen LogP contribution >= 0.6 is 11.3 Å². The lowest BCUT2D eigenvalue weighted by molar-refractivity contribution is -0.120. The van der Waals surface area contributed by atoms with E-state index in [9.17, 15) is 4.79 Å². The third kappa shape index (κ3) is 4.58. The Morgan fingerprint density at radius 2 is 2.00 bits per heavy atom. The summed E-state index contributed by atoms with van der Waals surface area (Å²) in [5.41, 5.74) is 4.18. The summed E-state index contributed by atoms with van der Waals surface area (Å²) >= 11 is 1.65. The predicted molar refractivity (Wildman–Crippen MR) is 117 cm³/mol. The van der Waals surface area contributed by atoms with E-state index in [4.69, 9.17) is 0 Å². The number of anilines is 1. The number of thiophene rings is 1. The molecule has 1 N–H and O–H groups in total. The van der Waals surface area contributed by atoms with Crippen molar-refractivity contribution in [3.8, 4) is 0 Å². The number of aryl methyl sites for hydroxylation is 1. The number of likely N-dealkylation sites (tertiary alicyclic amines) is 1. The maximum atomic E-state index is 12.5. The van der Waals surface area contributed by atoms with E-state index in [1.807, 2.05) is 17.5 Å². The zero-order valence-corrected chi connectivity index (χ0v) is 17.6. The van der Waals surface area contributed by atoms with Gasteiger partial charge >= 0.3 is 0 Å². The van der Waals surface area contributed by atoms with Crippen LogP contribution in [0.5, 0.6) is 0 Å². The van der Waals surface area contributed by atoms with Crippen molar-refractivity contribution >= 4 is 22.9 Å². The van der Waals surface area contributed by atoms with Gasteiger partial charge in [-0.3, -0.25) is 9.69 Å². The van der Waals surface area contributed by atoms with Gasteiger partial charge in [-0.1, -0.05) is 24.6 Å². The quantitative estimate of drug-likeness (QED) is 0.800. The van der Waals surface area contributed by atoms with Gasteiger partial charge < -0.3 is 10.2 Å². The molecule has 2 aromatic rings. The average molecular weight is 398 g/mol. The molecule has 5 heteroatoms. The number of piperidine rings is 1. The van der Waals surface area contributed by atoms with Crippen molar-refractivity contribution in [2.75, 3.05) is 38.1 Å². The van der Waals surface area contributed by atoms with Crippen LogP contribution in [0.25, 0.3) is 0 Å². The Balaban J connectivity index is 1.49. The molecule has 2 aliphatic heterocycles. The van der Waals surface area contributed by atoms with Crippen molar-refractivity contribution in [1.82, 2.24) is 10.2 Å². The summed E-state index contributed by atoms with van der Waals surface area (Å²) in [4.78, 5) is 18.5. The maximum Gasteiger partial charge on any atom is 0.225 e. The minimum absolute atomic E-state index is 0.127. The maximum absolute atomic E-state index is 12.5. The Morgan fingerprint density at radius 1 is 1.14 bits per heavy atom. The first kappa shape index (κ1) is 19.5. The Kier molecular flexibility index (Phi) is 6.33. The summed E-state index contributed by atoms with van der Waals surface area (Å²) in [6.45, 7) is 4.09. The lowest BCUT2D eigenvalue weighted by Gasteiger charge is -2.36. The second-order valence-electron chi connectivity index (χ2n) is 8.09. The average Bonchev–Trinajstić information content (AvgIpc) is 3.22. The Bertz CT molecular complexity index is 783. The number of carbonyl (C=O) groups is 1. The van der Waals surface area contributed by atoms with Gasteiger partial charge in [0.2, 0.25) is 5.91 Å². The zero-order chi connectivity index (χ0) is 19.3. The molecule has 2 aliphatic rings. The summed E-state index contributed by atoms with van der Waals surface area (Å²) in [5, 5.41) is 5.25. The number of rotatable bonds is 6. The van der Waals surface area contributed by atoms with E-state index < -0.39 is 0 Å². The first-order chi connectivity index (χ1) is 13.7. The first-order valence-corrected chi connectivity index (χ1v) is 11.5. The molecule has 1 aromatic heterocycles. The minimum Gasteiger partial charge on any atom is -0.374 e. The number of nitrogens with one attached hydrogen (secondary N) is 1. The van der Waals surface area contributed by atoms with Crippen LogP contribution in [0.2, 0.25) is 0 Å². The van der Waals surface area contributed by atoms with Crippen molar-refractivity contribution in [1.29, 1.82) is 0 Å². The van der Waals surface area contributed by atoms with E-state index >= 15 is 0 Å². The molecular weight excluding hydrogens is 366 g/mol. The standard InChI is InChI=1S/C23H31N3OS/c1-25-11-5-7-18-15-19(9-10-21(18)25)22(26-12-3-2-4-13-26)17-24-23(27)16-20-8-6-14-28-20/h6,8-10,14-15,22H,2-5,7,11-13,16-17H2,1H3,(H,24,27)/t22-/m1/s1. The number of nitrogens with zero attached hydrogens (tertiary/aromatic N) is 2. The molecule has 1 atom stereocenters. The van der Waals surface area contributed by atoms with Crippen LogP contribution in [-0.2, 0) is 17.6 Å². The van der Waals surface area contributed by atoms with Gasteiger partial charge in [0, 0.05) is 30.7 Å². The van der Waals surface area contributed by atoms with E-state index in [1.165, 1.54) is 42.5 Å². The third-order valence-corrected chi connectivity index (χ3v) is 6.95. The Hall–Kier alpha value is -1.85. The summed E-state index contributed by atoms with van der Waals surface area (Å²) in [7, 11) is 2.19. The fourth-order valence-electron chi connectivity index (χ4n) is 4.54. The molecule has 1 aromatic carbocycles. The molecule has 4 rings (SSSR count). The van der Waals surface area contributed by atoms with Crippen molar-refractivity contribution in [2.24, 2.45) is 0 Å². The molecular formula is C23H31N3OS. The Labute approximate surface area is 172 Å².